The maximum atomic E-state index is 10.5. The van der Waals surface area contributed by atoms with Gasteiger partial charge < -0.3 is 19.3 Å². The minimum atomic E-state index is -0.343. The Kier molecular flexibility index (Phi) is 14.4. The lowest BCUT2D eigenvalue weighted by Crippen LogP contribution is -2.57. The van der Waals surface area contributed by atoms with Crippen LogP contribution in [0.15, 0.2) is 48.8 Å². The summed E-state index contributed by atoms with van der Waals surface area (Å²) in [5, 5.41) is 32.4. The van der Waals surface area contributed by atoms with Gasteiger partial charge in [0.2, 0.25) is 0 Å². The molecular weight excluding hydrogens is 1020 g/mol. The predicted octanol–water partition coefficient (Wildman–Crippen LogP) is 9.49. The van der Waals surface area contributed by atoms with E-state index in [4.69, 9.17) is 80.9 Å². The second-order valence-corrected chi connectivity index (χ2v) is 23.3. The molecule has 12 rings (SSSR count). The first kappa shape index (κ1) is 50.0. The highest BCUT2D eigenvalue weighted by atomic mass is 35.5. The number of benzene rings is 2. The number of nitrogens with zero attached hydrogens (tertiary/aromatic N) is 14. The Morgan fingerprint density at radius 3 is 1.73 bits per heavy atom. The smallest absolute Gasteiger partial charge is 0.190 e. The number of piperidine rings is 2. The molecule has 6 aromatic rings. The molecule has 20 heteroatoms. The molecule has 0 bridgehead atoms. The van der Waals surface area contributed by atoms with Gasteiger partial charge >= 0.3 is 0 Å². The molecule has 6 aliphatic heterocycles. The summed E-state index contributed by atoms with van der Waals surface area (Å²) in [5.74, 6) is 3.89. The Balaban J connectivity index is 0.804. The minimum Gasteiger partial charge on any atom is -0.381 e. The number of ether oxygens (including phenoxy) is 2. The summed E-state index contributed by atoms with van der Waals surface area (Å²) in [5.41, 5.74) is 4.26. The first-order valence-electron chi connectivity index (χ1n) is 26.4. The molecule has 0 spiro atoms. The highest BCUT2D eigenvalue weighted by Gasteiger charge is 2.43. The van der Waals surface area contributed by atoms with Gasteiger partial charge in [0.05, 0.1) is 24.5 Å². The quantitative estimate of drug-likeness (QED) is 0.114. The molecule has 0 radical (unpaired) electrons. The van der Waals surface area contributed by atoms with E-state index in [-0.39, 0.29) is 29.4 Å². The lowest BCUT2D eigenvalue weighted by molar-refractivity contribution is -0.00926. The van der Waals surface area contributed by atoms with E-state index >= 15 is 0 Å². The van der Waals surface area contributed by atoms with Crippen molar-refractivity contribution >= 4 is 80.4 Å². The Morgan fingerprint density at radius 1 is 0.622 bits per heavy atom. The van der Waals surface area contributed by atoms with Crippen molar-refractivity contribution in [1.82, 2.24) is 49.3 Å². The van der Waals surface area contributed by atoms with Crippen molar-refractivity contribution < 1.29 is 9.47 Å². The highest BCUT2D eigenvalue weighted by molar-refractivity contribution is 6.35. The fourth-order valence-electron chi connectivity index (χ4n) is 13.1. The van der Waals surface area contributed by atoms with Gasteiger partial charge in [-0.1, -0.05) is 58.5 Å². The van der Waals surface area contributed by atoms with Gasteiger partial charge in [-0.2, -0.15) is 20.7 Å². The van der Waals surface area contributed by atoms with Crippen LogP contribution >= 0.6 is 46.4 Å². The second-order valence-electron chi connectivity index (χ2n) is 21.6. The fourth-order valence-corrected chi connectivity index (χ4v) is 14.2. The number of aromatic nitrogens is 8. The van der Waals surface area contributed by atoms with E-state index in [0.29, 0.717) is 78.2 Å². The van der Waals surface area contributed by atoms with Gasteiger partial charge in [0.1, 0.15) is 34.8 Å². The van der Waals surface area contributed by atoms with E-state index in [1.165, 1.54) is 19.4 Å². The molecule has 1 unspecified atom stereocenters. The molecule has 4 aromatic heterocycles. The van der Waals surface area contributed by atoms with E-state index in [1.807, 2.05) is 36.0 Å². The number of rotatable bonds is 12. The van der Waals surface area contributed by atoms with Crippen LogP contribution in [0, 0.1) is 52.3 Å². The summed E-state index contributed by atoms with van der Waals surface area (Å²) in [4.78, 5) is 30.2. The van der Waals surface area contributed by atoms with Crippen molar-refractivity contribution in [3.05, 3.63) is 91.4 Å². The topological polar surface area (TPSA) is 166 Å². The molecule has 2 aromatic carbocycles. The van der Waals surface area contributed by atoms with Gasteiger partial charge in [-0.15, -0.1) is 0 Å². The number of anilines is 2. The zero-order valence-corrected chi connectivity index (χ0v) is 44.6. The van der Waals surface area contributed by atoms with Crippen molar-refractivity contribution in [3.63, 3.8) is 0 Å². The Bertz CT molecular complexity index is 3110. The molecule has 0 aliphatic carbocycles. The number of fused-ring (bicyclic) bond motifs is 2. The van der Waals surface area contributed by atoms with E-state index in [9.17, 15) is 10.5 Å². The van der Waals surface area contributed by atoms with E-state index in [0.717, 1.165) is 134 Å². The molecule has 5 atom stereocenters. The van der Waals surface area contributed by atoms with Crippen molar-refractivity contribution in [2.75, 3.05) is 88.6 Å². The van der Waals surface area contributed by atoms with Crippen LogP contribution in [0.1, 0.15) is 92.9 Å². The SMILES string of the molecule is C[C@H](c1ccc(Cl)cc1Cl)n1nc(C#N)c2ncc(N3CC([C@@H]4CC(C[C@H](c5ccc(Cl)cc5Cl)n5nc(C#N)c6ncc(N7CC([C@H]8CCCN(C9CCOCC9)C8)C7)nc65)CN(C5CCOCC5)C4)C3)nc21. The molecule has 386 valence electrons. The van der Waals surface area contributed by atoms with Crippen molar-refractivity contribution in [1.29, 1.82) is 10.5 Å². The molecule has 0 amide bonds. The largest absolute Gasteiger partial charge is 0.381 e. The molecule has 10 heterocycles. The maximum absolute atomic E-state index is 10.5. The van der Waals surface area contributed by atoms with Crippen LogP contribution in [-0.2, 0) is 9.47 Å². The van der Waals surface area contributed by atoms with Crippen LogP contribution in [0.5, 0.6) is 0 Å². The summed E-state index contributed by atoms with van der Waals surface area (Å²) in [7, 11) is 0. The van der Waals surface area contributed by atoms with Crippen LogP contribution in [0.25, 0.3) is 22.3 Å². The molecule has 6 fully saturated rings. The van der Waals surface area contributed by atoms with Crippen LogP contribution in [0.3, 0.4) is 0 Å². The average Bonchev–Trinajstić information content (AvgIpc) is 3.96. The molecule has 6 aliphatic rings. The third-order valence-corrected chi connectivity index (χ3v) is 18.4. The third-order valence-electron chi connectivity index (χ3n) is 17.2. The monoisotopic (exact) mass is 1080 g/mol. The van der Waals surface area contributed by atoms with Crippen LogP contribution < -0.4 is 9.80 Å². The third kappa shape index (κ3) is 9.79. The zero-order valence-electron chi connectivity index (χ0n) is 41.5. The summed E-state index contributed by atoms with van der Waals surface area (Å²) in [6.07, 6.45) is 12.1. The molecule has 16 nitrogen and oxygen atoms in total. The highest BCUT2D eigenvalue weighted by Crippen LogP contribution is 2.43. The summed E-state index contributed by atoms with van der Waals surface area (Å²) in [6.45, 7) is 13.0. The lowest BCUT2D eigenvalue weighted by atomic mass is 9.74. The first-order chi connectivity index (χ1) is 36.1. The molecule has 6 saturated heterocycles. The zero-order chi connectivity index (χ0) is 50.6. The lowest BCUT2D eigenvalue weighted by Gasteiger charge is -2.50. The van der Waals surface area contributed by atoms with Crippen LogP contribution in [0.2, 0.25) is 20.1 Å². The van der Waals surface area contributed by atoms with Gasteiger partial charge in [-0.05, 0) is 130 Å². The van der Waals surface area contributed by atoms with Crippen molar-refractivity contribution in [3.8, 4) is 12.1 Å². The van der Waals surface area contributed by atoms with Gasteiger partial charge in [0.25, 0.3) is 0 Å². The van der Waals surface area contributed by atoms with Crippen molar-refractivity contribution in [2.24, 2.45) is 29.6 Å². The number of halogens is 4. The number of likely N-dealkylation sites (tertiary alicyclic amines) is 2. The van der Waals surface area contributed by atoms with Gasteiger partial charge in [-0.3, -0.25) is 9.80 Å². The molecular formula is C54H60Cl4N14O2. The van der Waals surface area contributed by atoms with Gasteiger partial charge in [-0.25, -0.2) is 29.3 Å². The second kappa shape index (κ2) is 21.3. The Labute approximate surface area is 451 Å². The molecule has 0 N–H and O–H groups in total. The number of hydrogen-bond acceptors (Lipinski definition) is 14. The van der Waals surface area contributed by atoms with Gasteiger partial charge in [0, 0.05) is 104 Å². The first-order valence-corrected chi connectivity index (χ1v) is 27.9. The minimum absolute atomic E-state index is 0.216. The molecule has 74 heavy (non-hydrogen) atoms. The van der Waals surface area contributed by atoms with E-state index < -0.39 is 0 Å². The van der Waals surface area contributed by atoms with Gasteiger partial charge in [0.15, 0.2) is 22.7 Å². The van der Waals surface area contributed by atoms with E-state index in [1.54, 1.807) is 29.1 Å². The fraction of sp³-hybridized carbons (Fsp3) is 0.556. The van der Waals surface area contributed by atoms with Crippen LogP contribution in [-0.4, -0.2) is 140 Å². The molecule has 0 saturated carbocycles. The van der Waals surface area contributed by atoms with Crippen molar-refractivity contribution in [2.45, 2.75) is 82.5 Å². The Morgan fingerprint density at radius 2 is 1.15 bits per heavy atom. The number of nitriles is 2. The van der Waals surface area contributed by atoms with E-state index in [2.05, 4.69) is 36.8 Å². The number of hydrogen-bond donors (Lipinski definition) is 0. The van der Waals surface area contributed by atoms with Crippen LogP contribution in [0.4, 0.5) is 11.6 Å². The Hall–Kier alpha value is -4.88. The summed E-state index contributed by atoms with van der Waals surface area (Å²) >= 11 is 26.6. The predicted molar refractivity (Wildman–Crippen MR) is 286 cm³/mol. The summed E-state index contributed by atoms with van der Waals surface area (Å²) < 4.78 is 15.2. The standard InChI is InChI=1S/C54H60Cl4N14O2/c1-32(42-6-4-38(55)19-44(42)57)71-53-51(46(21-59)65-71)61-23-49(63-53)70-30-37(31-70)35-17-33(25-68(27-35)41-10-15-74-16-11-41)18-48(43-7-5-39(56)20-45(43)58)72-54-52(47(22-60)66-72)62-24-50(64-54)69-28-36(29-69)34-3-2-12-67(26-34)40-8-13-73-14-9-40/h4-7,19-20,23-24,32-37,40-41,48H,2-3,8-18,25-31H2,1H3/t32-,33?,34+,35-,48-/m1/s1. The maximum Gasteiger partial charge on any atom is 0.190 e. The average molecular weight is 1080 g/mol. The summed E-state index contributed by atoms with van der Waals surface area (Å²) in [6, 6.07) is 16.0. The normalized spacial score (nSPS) is 23.9.